The quantitative estimate of drug-likeness (QED) is 0.752. The number of nitrogens with zero attached hydrogens (tertiary/aromatic N) is 3. The number of rotatable bonds is 7. The number of aryl methyl sites for hydroxylation is 1. The number of hydrogen-bond acceptors (Lipinski definition) is 5. The Balaban J connectivity index is 1.92. The first kappa shape index (κ1) is 16.7. The Morgan fingerprint density at radius 1 is 1.32 bits per heavy atom. The van der Waals surface area contributed by atoms with Crippen LogP contribution in [0.5, 0.6) is 0 Å². The van der Waals surface area contributed by atoms with Crippen molar-refractivity contribution < 1.29 is 4.79 Å². The highest BCUT2D eigenvalue weighted by atomic mass is 16.1. The molecule has 0 aliphatic heterocycles. The van der Waals surface area contributed by atoms with Crippen LogP contribution in [0.25, 0.3) is 0 Å². The van der Waals surface area contributed by atoms with Crippen LogP contribution in [0.15, 0.2) is 6.07 Å². The second-order valence-corrected chi connectivity index (χ2v) is 6.22. The van der Waals surface area contributed by atoms with Crippen LogP contribution in [0.2, 0.25) is 0 Å². The number of amides is 1. The van der Waals surface area contributed by atoms with E-state index in [2.05, 4.69) is 39.6 Å². The van der Waals surface area contributed by atoms with E-state index < -0.39 is 0 Å². The number of hydrogen-bond donors (Lipinski definition) is 2. The molecule has 1 saturated carbocycles. The molecule has 6 nitrogen and oxygen atoms in total. The fraction of sp³-hybridized carbons (Fsp3) is 0.688. The fourth-order valence-corrected chi connectivity index (χ4v) is 2.72. The fourth-order valence-electron chi connectivity index (χ4n) is 2.72. The lowest BCUT2D eigenvalue weighted by atomic mass is 10.2. The van der Waals surface area contributed by atoms with Crippen molar-refractivity contribution in [2.24, 2.45) is 0 Å². The third kappa shape index (κ3) is 5.26. The zero-order valence-corrected chi connectivity index (χ0v) is 13.9. The van der Waals surface area contributed by atoms with E-state index in [4.69, 9.17) is 0 Å². The molecule has 2 N–H and O–H groups in total. The molecule has 122 valence electrons. The molecule has 0 aromatic carbocycles. The van der Waals surface area contributed by atoms with Gasteiger partial charge in [0.15, 0.2) is 0 Å². The molecule has 22 heavy (non-hydrogen) atoms. The average Bonchev–Trinajstić information content (AvgIpc) is 2.95. The van der Waals surface area contributed by atoms with Gasteiger partial charge in [0.1, 0.15) is 17.3 Å². The molecule has 0 saturated heterocycles. The topological polar surface area (TPSA) is 70.2 Å². The predicted octanol–water partition coefficient (Wildman–Crippen LogP) is 1.82. The first-order valence-corrected chi connectivity index (χ1v) is 8.10. The molecule has 1 fully saturated rings. The lowest BCUT2D eigenvalue weighted by Crippen LogP contribution is -2.33. The van der Waals surface area contributed by atoms with Crippen molar-refractivity contribution in [2.75, 3.05) is 32.5 Å². The summed E-state index contributed by atoms with van der Waals surface area (Å²) in [6.45, 7) is 3.67. The van der Waals surface area contributed by atoms with E-state index in [0.717, 1.165) is 38.2 Å². The highest BCUT2D eigenvalue weighted by molar-refractivity contribution is 5.93. The van der Waals surface area contributed by atoms with Gasteiger partial charge < -0.3 is 15.5 Å². The normalized spacial score (nSPS) is 15.3. The number of carbonyl (C=O) groups is 1. The van der Waals surface area contributed by atoms with E-state index >= 15 is 0 Å². The first-order valence-electron chi connectivity index (χ1n) is 8.10. The van der Waals surface area contributed by atoms with Crippen LogP contribution in [0, 0.1) is 6.92 Å². The first-order chi connectivity index (χ1) is 10.5. The number of aromatic nitrogens is 2. The summed E-state index contributed by atoms with van der Waals surface area (Å²) in [6.07, 6.45) is 5.58. The third-order valence-electron chi connectivity index (χ3n) is 3.85. The SMILES string of the molecule is Cc1nc(NCCCN(C)C)cc(C(=O)NC2CCCC2)n1. The van der Waals surface area contributed by atoms with E-state index in [1.54, 1.807) is 6.07 Å². The highest BCUT2D eigenvalue weighted by Gasteiger charge is 2.19. The summed E-state index contributed by atoms with van der Waals surface area (Å²) < 4.78 is 0. The molecule has 0 unspecified atom stereocenters. The molecule has 0 radical (unpaired) electrons. The number of nitrogens with one attached hydrogen (secondary N) is 2. The summed E-state index contributed by atoms with van der Waals surface area (Å²) in [5.41, 5.74) is 0.453. The van der Waals surface area contributed by atoms with Crippen molar-refractivity contribution >= 4 is 11.7 Å². The van der Waals surface area contributed by atoms with Crippen LogP contribution < -0.4 is 10.6 Å². The second kappa shape index (κ2) is 8.08. The van der Waals surface area contributed by atoms with E-state index in [1.165, 1.54) is 12.8 Å². The standard InChI is InChI=1S/C16H27N5O/c1-12-18-14(16(22)20-13-7-4-5-8-13)11-15(19-12)17-9-6-10-21(2)3/h11,13H,4-10H2,1-3H3,(H,20,22)(H,17,18,19). The van der Waals surface area contributed by atoms with Gasteiger partial charge in [0, 0.05) is 18.7 Å². The van der Waals surface area contributed by atoms with Gasteiger partial charge in [-0.3, -0.25) is 4.79 Å². The van der Waals surface area contributed by atoms with Crippen molar-refractivity contribution in [3.63, 3.8) is 0 Å². The Bertz CT molecular complexity index is 497. The largest absolute Gasteiger partial charge is 0.370 e. The van der Waals surface area contributed by atoms with Crippen molar-refractivity contribution in [1.82, 2.24) is 20.2 Å². The summed E-state index contributed by atoms with van der Waals surface area (Å²) >= 11 is 0. The zero-order valence-electron chi connectivity index (χ0n) is 13.9. The molecule has 0 bridgehead atoms. The maximum Gasteiger partial charge on any atom is 0.270 e. The molecule has 1 heterocycles. The van der Waals surface area contributed by atoms with Crippen molar-refractivity contribution in [3.05, 3.63) is 17.6 Å². The van der Waals surface area contributed by atoms with Gasteiger partial charge >= 0.3 is 0 Å². The molecule has 0 atom stereocenters. The molecular formula is C16H27N5O. The summed E-state index contributed by atoms with van der Waals surface area (Å²) in [4.78, 5) is 23.0. The van der Waals surface area contributed by atoms with E-state index in [-0.39, 0.29) is 5.91 Å². The van der Waals surface area contributed by atoms with E-state index in [9.17, 15) is 4.79 Å². The van der Waals surface area contributed by atoms with Gasteiger partial charge in [-0.05, 0) is 46.8 Å². The van der Waals surface area contributed by atoms with Gasteiger partial charge in [-0.25, -0.2) is 9.97 Å². The minimum atomic E-state index is -0.0891. The van der Waals surface area contributed by atoms with Crippen LogP contribution in [-0.2, 0) is 0 Å². The summed E-state index contributed by atoms with van der Waals surface area (Å²) in [6, 6.07) is 2.05. The zero-order chi connectivity index (χ0) is 15.9. The molecule has 1 aliphatic rings. The minimum absolute atomic E-state index is 0.0891. The molecule has 0 spiro atoms. The summed E-state index contributed by atoms with van der Waals surface area (Å²) in [5, 5.41) is 6.34. The van der Waals surface area contributed by atoms with Gasteiger partial charge in [-0.15, -0.1) is 0 Å². The van der Waals surface area contributed by atoms with Crippen molar-refractivity contribution in [2.45, 2.75) is 45.1 Å². The Morgan fingerprint density at radius 2 is 2.05 bits per heavy atom. The van der Waals surface area contributed by atoms with Crippen LogP contribution in [0.3, 0.4) is 0 Å². The van der Waals surface area contributed by atoms with Crippen molar-refractivity contribution in [3.8, 4) is 0 Å². The Kier molecular flexibility index (Phi) is 6.12. The van der Waals surface area contributed by atoms with Crippen LogP contribution in [0.4, 0.5) is 5.82 Å². The maximum atomic E-state index is 12.3. The summed E-state index contributed by atoms with van der Waals surface area (Å²) in [7, 11) is 4.11. The molecule has 1 aliphatic carbocycles. The Hall–Kier alpha value is -1.69. The van der Waals surface area contributed by atoms with Gasteiger partial charge in [-0.2, -0.15) is 0 Å². The smallest absolute Gasteiger partial charge is 0.270 e. The highest BCUT2D eigenvalue weighted by Crippen LogP contribution is 2.18. The molecule has 2 rings (SSSR count). The van der Waals surface area contributed by atoms with Crippen LogP contribution >= 0.6 is 0 Å². The van der Waals surface area contributed by atoms with Crippen LogP contribution in [-0.4, -0.2) is 54.0 Å². The van der Waals surface area contributed by atoms with Gasteiger partial charge in [-0.1, -0.05) is 12.8 Å². The van der Waals surface area contributed by atoms with E-state index in [1.807, 2.05) is 6.92 Å². The van der Waals surface area contributed by atoms with Gasteiger partial charge in [0.2, 0.25) is 0 Å². The lowest BCUT2D eigenvalue weighted by molar-refractivity contribution is 0.0932. The molecule has 1 aromatic heterocycles. The monoisotopic (exact) mass is 305 g/mol. The maximum absolute atomic E-state index is 12.3. The number of anilines is 1. The Morgan fingerprint density at radius 3 is 2.73 bits per heavy atom. The molecule has 1 amide bonds. The van der Waals surface area contributed by atoms with Crippen molar-refractivity contribution in [1.29, 1.82) is 0 Å². The predicted molar refractivity (Wildman–Crippen MR) is 88.2 cm³/mol. The second-order valence-electron chi connectivity index (χ2n) is 6.22. The Labute approximate surface area is 132 Å². The lowest BCUT2D eigenvalue weighted by Gasteiger charge is -2.13. The molecule has 1 aromatic rings. The van der Waals surface area contributed by atoms with Gasteiger partial charge in [0.25, 0.3) is 5.91 Å². The number of carbonyl (C=O) groups excluding carboxylic acids is 1. The van der Waals surface area contributed by atoms with Gasteiger partial charge in [0.05, 0.1) is 0 Å². The summed E-state index contributed by atoms with van der Waals surface area (Å²) in [5.74, 6) is 1.26. The molecule has 6 heteroatoms. The average molecular weight is 305 g/mol. The molecular weight excluding hydrogens is 278 g/mol. The third-order valence-corrected chi connectivity index (χ3v) is 3.85. The van der Waals surface area contributed by atoms with E-state index in [0.29, 0.717) is 17.6 Å². The van der Waals surface area contributed by atoms with Crippen LogP contribution in [0.1, 0.15) is 48.4 Å². The minimum Gasteiger partial charge on any atom is -0.370 e.